The van der Waals surface area contributed by atoms with E-state index in [1.54, 1.807) is 21.6 Å². The Hall–Kier alpha value is -1.26. The highest BCUT2D eigenvalue weighted by molar-refractivity contribution is 8.76. The summed E-state index contributed by atoms with van der Waals surface area (Å²) in [5, 5.41) is 20.8. The molecule has 0 unspecified atom stereocenters. The molecule has 2 aromatic rings. The minimum atomic E-state index is -0.107. The first-order valence-corrected chi connectivity index (χ1v) is 11.0. The van der Waals surface area contributed by atoms with Gasteiger partial charge in [-0.05, 0) is 60.1 Å². The van der Waals surface area contributed by atoms with Crippen molar-refractivity contribution in [3.05, 3.63) is 46.5 Å². The molecule has 2 N–H and O–H groups in total. The van der Waals surface area contributed by atoms with Gasteiger partial charge in [-0.2, -0.15) is 0 Å². The van der Waals surface area contributed by atoms with Crippen LogP contribution in [0.15, 0.2) is 34.1 Å². The number of phenols is 2. The summed E-state index contributed by atoms with van der Waals surface area (Å²) in [7, 11) is 3.37. The summed E-state index contributed by atoms with van der Waals surface area (Å²) in [6.07, 6.45) is 0. The maximum atomic E-state index is 10.4. The van der Waals surface area contributed by atoms with Crippen LogP contribution in [0.2, 0.25) is 0 Å². The Balaban J connectivity index is 2.33. The van der Waals surface area contributed by atoms with Crippen molar-refractivity contribution >= 4 is 21.6 Å². The van der Waals surface area contributed by atoms with Crippen LogP contribution in [0, 0.1) is 13.8 Å². The lowest BCUT2D eigenvalue weighted by Gasteiger charge is -2.23. The van der Waals surface area contributed by atoms with Crippen LogP contribution in [-0.2, 0) is 10.8 Å². The van der Waals surface area contributed by atoms with Crippen LogP contribution < -0.4 is 0 Å². The highest BCUT2D eigenvalue weighted by Crippen LogP contribution is 2.45. The average Bonchev–Trinajstić information content (AvgIpc) is 2.49. The van der Waals surface area contributed by atoms with Crippen LogP contribution in [0.1, 0.15) is 63.8 Å². The second-order valence-corrected chi connectivity index (χ2v) is 11.2. The van der Waals surface area contributed by atoms with E-state index in [1.807, 2.05) is 26.0 Å². The van der Waals surface area contributed by atoms with Crippen molar-refractivity contribution in [2.75, 3.05) is 0 Å². The lowest BCUT2D eigenvalue weighted by atomic mass is 9.85. The van der Waals surface area contributed by atoms with E-state index in [0.29, 0.717) is 11.5 Å². The average molecular weight is 391 g/mol. The van der Waals surface area contributed by atoms with E-state index in [4.69, 9.17) is 0 Å². The summed E-state index contributed by atoms with van der Waals surface area (Å²) in [5.41, 5.74) is 3.53. The number of rotatable bonds is 3. The molecule has 2 rings (SSSR count). The zero-order valence-electron chi connectivity index (χ0n) is 17.0. The molecule has 2 aromatic carbocycles. The van der Waals surface area contributed by atoms with Crippen molar-refractivity contribution < 1.29 is 10.2 Å². The molecular formula is C22H30O2S2. The maximum absolute atomic E-state index is 10.4. The van der Waals surface area contributed by atoms with Crippen molar-refractivity contribution in [3.8, 4) is 11.5 Å². The molecule has 0 heterocycles. The van der Waals surface area contributed by atoms with Crippen LogP contribution >= 0.6 is 21.6 Å². The maximum Gasteiger partial charge on any atom is 0.122 e. The van der Waals surface area contributed by atoms with E-state index in [1.165, 1.54) is 0 Å². The molecule has 0 saturated heterocycles. The fourth-order valence-corrected chi connectivity index (χ4v) is 4.96. The molecule has 0 radical (unpaired) electrons. The smallest absolute Gasteiger partial charge is 0.122 e. The van der Waals surface area contributed by atoms with Gasteiger partial charge in [-0.3, -0.25) is 0 Å². The predicted octanol–water partition coefficient (Wildman–Crippen LogP) is 7.11. The molecule has 0 atom stereocenters. The summed E-state index contributed by atoms with van der Waals surface area (Å²) in [4.78, 5) is 2.25. The molecule has 0 spiro atoms. The van der Waals surface area contributed by atoms with Crippen LogP contribution in [0.3, 0.4) is 0 Å². The van der Waals surface area contributed by atoms with Crippen LogP contribution in [0.4, 0.5) is 0 Å². The van der Waals surface area contributed by atoms with E-state index >= 15 is 0 Å². The van der Waals surface area contributed by atoms with E-state index < -0.39 is 0 Å². The van der Waals surface area contributed by atoms with Crippen LogP contribution in [0.25, 0.3) is 0 Å². The first kappa shape index (κ1) is 21.0. The number of benzene rings is 2. The zero-order chi connectivity index (χ0) is 19.9. The Kier molecular flexibility index (Phi) is 5.99. The summed E-state index contributed by atoms with van der Waals surface area (Å²) < 4.78 is 0. The van der Waals surface area contributed by atoms with Gasteiger partial charge in [0.1, 0.15) is 11.5 Å². The summed E-state index contributed by atoms with van der Waals surface area (Å²) in [5.74, 6) is 0.782. The van der Waals surface area contributed by atoms with Gasteiger partial charge in [0, 0.05) is 20.9 Å². The Morgan fingerprint density at radius 2 is 0.923 bits per heavy atom. The topological polar surface area (TPSA) is 40.5 Å². The molecule has 0 fully saturated rings. The Bertz CT molecular complexity index is 743. The third-order valence-electron chi connectivity index (χ3n) is 4.40. The molecule has 2 nitrogen and oxygen atoms in total. The van der Waals surface area contributed by atoms with E-state index in [0.717, 1.165) is 32.0 Å². The van der Waals surface area contributed by atoms with Gasteiger partial charge in [-0.25, -0.2) is 0 Å². The number of hydrogen-bond acceptors (Lipinski definition) is 4. The molecule has 0 aliphatic rings. The van der Waals surface area contributed by atoms with E-state index in [9.17, 15) is 10.2 Å². The molecule has 4 heteroatoms. The van der Waals surface area contributed by atoms with Gasteiger partial charge in [0.25, 0.3) is 0 Å². The van der Waals surface area contributed by atoms with E-state index in [-0.39, 0.29) is 10.8 Å². The fourth-order valence-electron chi connectivity index (χ4n) is 2.83. The molecule has 0 saturated carbocycles. The van der Waals surface area contributed by atoms with Gasteiger partial charge in [0.15, 0.2) is 0 Å². The second kappa shape index (κ2) is 7.40. The van der Waals surface area contributed by atoms with Gasteiger partial charge in [-0.15, -0.1) is 0 Å². The Morgan fingerprint density at radius 1 is 0.615 bits per heavy atom. The SMILES string of the molecule is Cc1cc(SSc2cc(C)c(O)c(C(C)(C)C)c2)cc(C(C)(C)C)c1O. The molecular weight excluding hydrogens is 360 g/mol. The van der Waals surface area contributed by atoms with E-state index in [2.05, 4.69) is 53.7 Å². The first-order chi connectivity index (χ1) is 11.8. The standard InChI is InChI=1S/C22H30O2S2/c1-13-9-15(11-17(19(13)23)21(3,4)5)25-26-16-10-14(2)20(24)18(12-16)22(6,7)8/h9-12,23-24H,1-8H3. The number of phenolic OH excluding ortho intramolecular Hbond substituents is 2. The minimum Gasteiger partial charge on any atom is -0.507 e. The van der Waals surface area contributed by atoms with Gasteiger partial charge in [-0.1, -0.05) is 63.1 Å². The lowest BCUT2D eigenvalue weighted by Crippen LogP contribution is -2.12. The van der Waals surface area contributed by atoms with Crippen LogP contribution in [-0.4, -0.2) is 10.2 Å². The molecule has 0 bridgehead atoms. The van der Waals surface area contributed by atoms with Crippen LogP contribution in [0.5, 0.6) is 11.5 Å². The second-order valence-electron chi connectivity index (χ2n) is 8.94. The quantitative estimate of drug-likeness (QED) is 0.548. The molecule has 0 aliphatic carbocycles. The van der Waals surface area contributed by atoms with Crippen molar-refractivity contribution in [2.24, 2.45) is 0 Å². The van der Waals surface area contributed by atoms with Crippen molar-refractivity contribution in [3.63, 3.8) is 0 Å². The summed E-state index contributed by atoms with van der Waals surface area (Å²) in [6, 6.07) is 8.22. The fraction of sp³-hybridized carbons (Fsp3) is 0.455. The zero-order valence-corrected chi connectivity index (χ0v) is 18.7. The predicted molar refractivity (Wildman–Crippen MR) is 115 cm³/mol. The van der Waals surface area contributed by atoms with Crippen molar-refractivity contribution in [1.29, 1.82) is 0 Å². The molecule has 0 aliphatic heterocycles. The lowest BCUT2D eigenvalue weighted by molar-refractivity contribution is 0.441. The highest BCUT2D eigenvalue weighted by atomic mass is 33.1. The number of aryl methyl sites for hydroxylation is 2. The normalized spacial score (nSPS) is 12.5. The number of aromatic hydroxyl groups is 2. The van der Waals surface area contributed by atoms with Gasteiger partial charge in [0.2, 0.25) is 0 Å². The largest absolute Gasteiger partial charge is 0.507 e. The van der Waals surface area contributed by atoms with Crippen molar-refractivity contribution in [2.45, 2.75) is 76.0 Å². The number of hydrogen-bond donors (Lipinski definition) is 2. The monoisotopic (exact) mass is 390 g/mol. The first-order valence-electron chi connectivity index (χ1n) is 8.83. The third kappa shape index (κ3) is 4.72. The molecule has 142 valence electrons. The van der Waals surface area contributed by atoms with Gasteiger partial charge in [0.05, 0.1) is 0 Å². The Morgan fingerprint density at radius 3 is 1.19 bits per heavy atom. The summed E-state index contributed by atoms with van der Waals surface area (Å²) in [6.45, 7) is 16.6. The summed E-state index contributed by atoms with van der Waals surface area (Å²) >= 11 is 0. The third-order valence-corrected chi connectivity index (χ3v) is 6.74. The Labute approximate surface area is 165 Å². The minimum absolute atomic E-state index is 0.107. The molecule has 26 heavy (non-hydrogen) atoms. The van der Waals surface area contributed by atoms with Gasteiger partial charge < -0.3 is 10.2 Å². The van der Waals surface area contributed by atoms with Gasteiger partial charge >= 0.3 is 0 Å². The molecule has 0 aromatic heterocycles. The molecule has 0 amide bonds. The van der Waals surface area contributed by atoms with Crippen molar-refractivity contribution in [1.82, 2.24) is 0 Å². The highest BCUT2D eigenvalue weighted by Gasteiger charge is 2.22.